The number of cyclic esters (lactones) is 1. The number of aldehydes is 1. The third-order valence-electron chi connectivity index (χ3n) is 14.5. The van der Waals surface area contributed by atoms with Crippen molar-refractivity contribution in [3.63, 3.8) is 0 Å². The fraction of sp³-hybridized carbons (Fsp3) is 0.730. The molecule has 0 aromatic carbocycles. The van der Waals surface area contributed by atoms with E-state index in [-0.39, 0.29) is 24.0 Å². The maximum absolute atomic E-state index is 14.6. The van der Waals surface area contributed by atoms with E-state index in [0.717, 1.165) is 6.26 Å². The minimum atomic E-state index is -2.41. The highest BCUT2D eigenvalue weighted by atomic mass is 16.9. The summed E-state index contributed by atoms with van der Waals surface area (Å²) < 4.78 is 38.9. The number of hydrogen-bond donors (Lipinski definition) is 4. The molecule has 8 rings (SSSR count). The fourth-order valence-corrected chi connectivity index (χ4v) is 12.6. The van der Waals surface area contributed by atoms with Crippen LogP contribution in [0, 0.1) is 39.9 Å². The number of ether oxygens (including phenoxy) is 6. The molecule has 4 N–H and O–H groups in total. The van der Waals surface area contributed by atoms with E-state index >= 15 is 0 Å². The summed E-state index contributed by atoms with van der Waals surface area (Å²) >= 11 is 0. The molecule has 8 aliphatic rings. The van der Waals surface area contributed by atoms with Crippen LogP contribution in [0.4, 0.5) is 0 Å². The van der Waals surface area contributed by atoms with E-state index < -0.39 is 116 Å². The largest absolute Gasteiger partial charge is 0.511 e. The molecule has 7 bridgehead atoms. The van der Waals surface area contributed by atoms with Gasteiger partial charge in [-0.1, -0.05) is 54.5 Å². The van der Waals surface area contributed by atoms with Crippen molar-refractivity contribution >= 4 is 24.2 Å². The Bertz CT molecular complexity index is 1770. The second-order valence-electron chi connectivity index (χ2n) is 17.1. The first kappa shape index (κ1) is 34.9. The van der Waals surface area contributed by atoms with Gasteiger partial charge in [-0.25, -0.2) is 4.79 Å². The van der Waals surface area contributed by atoms with Crippen molar-refractivity contribution in [3.05, 3.63) is 35.3 Å². The molecule has 14 heteroatoms. The third-order valence-corrected chi connectivity index (χ3v) is 14.5. The van der Waals surface area contributed by atoms with E-state index in [4.69, 9.17) is 28.4 Å². The molecule has 0 radical (unpaired) electrons. The lowest BCUT2D eigenvalue weighted by Gasteiger charge is -2.78. The molecular formula is C37H46O14. The van der Waals surface area contributed by atoms with Crippen LogP contribution in [-0.2, 0) is 47.6 Å². The first-order valence-electron chi connectivity index (χ1n) is 17.7. The Morgan fingerprint density at radius 2 is 1.76 bits per heavy atom. The molecule has 4 saturated carbocycles. The Balaban J connectivity index is 1.57. The van der Waals surface area contributed by atoms with Crippen LogP contribution >= 0.6 is 0 Å². The van der Waals surface area contributed by atoms with Gasteiger partial charge in [0, 0.05) is 40.6 Å². The normalized spacial score (nSPS) is 56.0. The van der Waals surface area contributed by atoms with Crippen LogP contribution in [0.3, 0.4) is 0 Å². The second-order valence-corrected chi connectivity index (χ2v) is 17.1. The summed E-state index contributed by atoms with van der Waals surface area (Å²) in [6.45, 7) is 13.2. The van der Waals surface area contributed by atoms with Gasteiger partial charge >= 0.3 is 17.9 Å². The lowest BCUT2D eigenvalue weighted by atomic mass is 9.32. The van der Waals surface area contributed by atoms with Gasteiger partial charge in [0.25, 0.3) is 5.97 Å². The molecule has 15 atom stereocenters. The zero-order valence-electron chi connectivity index (χ0n) is 29.9. The minimum Gasteiger partial charge on any atom is -0.511 e. The monoisotopic (exact) mass is 714 g/mol. The smallest absolute Gasteiger partial charge is 0.338 e. The number of carbonyl (C=O) groups is 4. The molecule has 4 heterocycles. The van der Waals surface area contributed by atoms with Crippen LogP contribution in [0.25, 0.3) is 0 Å². The third kappa shape index (κ3) is 3.35. The number of hydrogen-bond acceptors (Lipinski definition) is 14. The number of allylic oxidation sites excluding steroid dienone is 3. The lowest BCUT2D eigenvalue weighted by molar-refractivity contribution is -0.490. The quantitative estimate of drug-likeness (QED) is 0.106. The van der Waals surface area contributed by atoms with Crippen LogP contribution in [0.5, 0.6) is 0 Å². The molecule has 3 unspecified atom stereocenters. The second kappa shape index (κ2) is 9.88. The predicted molar refractivity (Wildman–Crippen MR) is 170 cm³/mol. The summed E-state index contributed by atoms with van der Waals surface area (Å²) in [7, 11) is 0. The molecule has 4 aliphatic heterocycles. The highest BCUT2D eigenvalue weighted by Crippen LogP contribution is 2.90. The first-order valence-corrected chi connectivity index (χ1v) is 17.7. The molecular weight excluding hydrogens is 668 g/mol. The topological polar surface area (TPSA) is 205 Å². The molecule has 0 aromatic heterocycles. The van der Waals surface area contributed by atoms with Crippen molar-refractivity contribution in [1.29, 1.82) is 0 Å². The Labute approximate surface area is 294 Å². The average Bonchev–Trinajstić information content (AvgIpc) is 3.49. The van der Waals surface area contributed by atoms with E-state index in [1.165, 1.54) is 26.0 Å². The molecule has 14 nitrogen and oxygen atoms in total. The van der Waals surface area contributed by atoms with Gasteiger partial charge in [0.2, 0.25) is 0 Å². The number of aliphatic hydroxyl groups is 4. The molecule has 4 aliphatic carbocycles. The molecule has 278 valence electrons. The summed E-state index contributed by atoms with van der Waals surface area (Å²) in [6.07, 6.45) is -2.95. The summed E-state index contributed by atoms with van der Waals surface area (Å²) in [6, 6.07) is 0. The van der Waals surface area contributed by atoms with Gasteiger partial charge in [-0.3, -0.25) is 14.4 Å². The van der Waals surface area contributed by atoms with E-state index in [2.05, 4.69) is 0 Å². The maximum atomic E-state index is 14.6. The zero-order valence-corrected chi connectivity index (χ0v) is 29.9. The van der Waals surface area contributed by atoms with Crippen molar-refractivity contribution in [2.75, 3.05) is 0 Å². The first-order chi connectivity index (χ1) is 23.7. The predicted octanol–water partition coefficient (Wildman–Crippen LogP) is 2.04. The van der Waals surface area contributed by atoms with Crippen molar-refractivity contribution in [2.45, 2.75) is 127 Å². The standard InChI is InChI=1S/C37H46O14/c1-9-17(4)26(43)47-28-31(6)15-34-32(7)19(31)12-20(39)46-11-10-18(14-38)13-30(5)23-21(22(40)16(2)3)27(44)48-29(35(28,34)45)36(23)37(32,25(42)24(30)41)51-33(8,49-34)50-36/h10-11,13-14,16-17,19,23-25,28-29,40-42,45H,9,12,15H2,1-8H3/b11-10-,18-13-,22-21-/t17?,19-,23+,24-,25+,28-,29+,30-,31+,32+,33?,34?,35-,36+,37-/m0/s1. The van der Waals surface area contributed by atoms with Crippen LogP contribution < -0.4 is 0 Å². The van der Waals surface area contributed by atoms with Gasteiger partial charge in [-0.15, -0.1) is 0 Å². The number of fused-ring (bicyclic) bond motifs is 4. The number of rotatable bonds is 5. The van der Waals surface area contributed by atoms with Crippen molar-refractivity contribution in [2.24, 2.45) is 39.9 Å². The highest BCUT2D eigenvalue weighted by Gasteiger charge is 3.06. The molecule has 7 fully saturated rings. The van der Waals surface area contributed by atoms with Gasteiger partial charge in [-0.2, -0.15) is 0 Å². The maximum Gasteiger partial charge on any atom is 0.338 e. The summed E-state index contributed by atoms with van der Waals surface area (Å²) in [5.74, 6) is -8.63. The number of aliphatic hydroxyl groups excluding tert-OH is 3. The average molecular weight is 715 g/mol. The molecule has 0 aromatic rings. The Morgan fingerprint density at radius 1 is 1.08 bits per heavy atom. The molecule has 0 amide bonds. The minimum absolute atomic E-state index is 0.0622. The SMILES string of the molecule is CCC(C)C(=O)O[C@H]1[C@]2(C)CC34OC5(C)O[C@]67[C@H](/C(=C(/O)C(C)C)C(=O)O[C@@H]6[C@@]13O)[C@]1(C)/C=C(C=O)/C=C\OC(=O)C[C@@H]2[C@@]4(C)[C@@]7(O5)[C@H](O)[C@@H]1O. The zero-order chi connectivity index (χ0) is 37.3. The summed E-state index contributed by atoms with van der Waals surface area (Å²) in [4.78, 5) is 54.7. The van der Waals surface area contributed by atoms with E-state index in [1.807, 2.05) is 6.92 Å². The molecule has 3 spiro atoms. The van der Waals surface area contributed by atoms with Gasteiger partial charge in [0.15, 0.2) is 17.3 Å². The van der Waals surface area contributed by atoms with Gasteiger partial charge in [-0.05, 0) is 24.8 Å². The number of esters is 3. The van der Waals surface area contributed by atoms with Crippen LogP contribution in [-0.4, -0.2) is 97.4 Å². The Hall–Kier alpha value is -3.14. The van der Waals surface area contributed by atoms with Crippen molar-refractivity contribution in [3.8, 4) is 0 Å². The van der Waals surface area contributed by atoms with Gasteiger partial charge in [0.1, 0.15) is 35.5 Å². The fourth-order valence-electron chi connectivity index (χ4n) is 12.6. The lowest BCUT2D eigenvalue weighted by Crippen LogP contribution is -2.97. The van der Waals surface area contributed by atoms with E-state index in [0.29, 0.717) is 12.7 Å². The summed E-state index contributed by atoms with van der Waals surface area (Å²) in [5, 5.41) is 50.9. The molecule has 51 heavy (non-hydrogen) atoms. The van der Waals surface area contributed by atoms with Crippen molar-refractivity contribution < 1.29 is 68.0 Å². The highest BCUT2D eigenvalue weighted by molar-refractivity contribution is 5.93. The van der Waals surface area contributed by atoms with Crippen LogP contribution in [0.1, 0.15) is 74.7 Å². The van der Waals surface area contributed by atoms with E-state index in [9.17, 15) is 39.6 Å². The Morgan fingerprint density at radius 3 is 2.39 bits per heavy atom. The van der Waals surface area contributed by atoms with Gasteiger partial charge < -0.3 is 48.8 Å². The summed E-state index contributed by atoms with van der Waals surface area (Å²) in [5.41, 5.74) is -13.9. The van der Waals surface area contributed by atoms with Crippen LogP contribution in [0.15, 0.2) is 35.3 Å². The van der Waals surface area contributed by atoms with E-state index in [1.54, 1.807) is 34.6 Å². The van der Waals surface area contributed by atoms with Crippen molar-refractivity contribution in [1.82, 2.24) is 0 Å². The number of carbonyl (C=O) groups excluding carboxylic acids is 4. The van der Waals surface area contributed by atoms with Crippen LogP contribution in [0.2, 0.25) is 0 Å². The molecule has 3 saturated heterocycles. The van der Waals surface area contributed by atoms with Gasteiger partial charge in [0.05, 0.1) is 30.3 Å². The Kier molecular flexibility index (Phi) is 6.77.